The van der Waals surface area contributed by atoms with Crippen LogP contribution in [0.25, 0.3) is 0 Å². The molecule has 1 aromatic heterocycles. The van der Waals surface area contributed by atoms with Crippen LogP contribution >= 0.6 is 0 Å². The fraction of sp³-hybridized carbons (Fsp3) is 0.0500. The van der Waals surface area contributed by atoms with Crippen LogP contribution in [0.15, 0.2) is 66.9 Å². The number of aromatic nitrogens is 1. The molecule has 0 aliphatic carbocycles. The van der Waals surface area contributed by atoms with E-state index in [1.165, 1.54) is 31.5 Å². The number of rotatable bonds is 5. The second-order valence-corrected chi connectivity index (χ2v) is 5.56. The Balaban J connectivity index is 1.72. The zero-order chi connectivity index (χ0) is 19.2. The monoisotopic (exact) mass is 365 g/mol. The number of carbonyl (C=O) groups is 2. The molecule has 0 spiro atoms. The minimum Gasteiger partial charge on any atom is -0.465 e. The molecule has 2 N–H and O–H groups in total. The molecule has 136 valence electrons. The van der Waals surface area contributed by atoms with Crippen LogP contribution in [0.1, 0.15) is 20.8 Å². The smallest absolute Gasteiger partial charge is 0.339 e. The van der Waals surface area contributed by atoms with Crippen LogP contribution in [-0.4, -0.2) is 24.0 Å². The molecular formula is C20H16FN3O3. The maximum atomic E-state index is 13.2. The highest BCUT2D eigenvalue weighted by Gasteiger charge is 2.15. The normalized spacial score (nSPS) is 10.1. The third-order valence-electron chi connectivity index (χ3n) is 3.69. The number of hydrogen-bond donors (Lipinski definition) is 2. The van der Waals surface area contributed by atoms with Gasteiger partial charge in [0.1, 0.15) is 11.5 Å². The van der Waals surface area contributed by atoms with E-state index in [1.54, 1.807) is 42.5 Å². The highest BCUT2D eigenvalue weighted by molar-refractivity contribution is 6.07. The Hall–Kier alpha value is -3.74. The summed E-state index contributed by atoms with van der Waals surface area (Å²) < 4.78 is 17.9. The number of pyridine rings is 1. The maximum absolute atomic E-state index is 13.2. The van der Waals surface area contributed by atoms with Crippen molar-refractivity contribution in [2.24, 2.45) is 0 Å². The number of amides is 1. The molecule has 0 fully saturated rings. The maximum Gasteiger partial charge on any atom is 0.339 e. The van der Waals surface area contributed by atoms with E-state index in [1.807, 2.05) is 0 Å². The Morgan fingerprint density at radius 2 is 1.81 bits per heavy atom. The number of nitrogens with one attached hydrogen (secondary N) is 2. The average molecular weight is 365 g/mol. The van der Waals surface area contributed by atoms with Gasteiger partial charge in [-0.25, -0.2) is 14.2 Å². The van der Waals surface area contributed by atoms with Crippen molar-refractivity contribution in [1.29, 1.82) is 0 Å². The van der Waals surface area contributed by atoms with Crippen molar-refractivity contribution in [3.63, 3.8) is 0 Å². The van der Waals surface area contributed by atoms with Gasteiger partial charge in [-0.15, -0.1) is 0 Å². The molecule has 3 aromatic rings. The Labute approximate surface area is 155 Å². The molecule has 2 aromatic carbocycles. The predicted molar refractivity (Wildman–Crippen MR) is 99.7 cm³/mol. The summed E-state index contributed by atoms with van der Waals surface area (Å²) in [5.74, 6) is -1.37. The molecule has 0 saturated carbocycles. The summed E-state index contributed by atoms with van der Waals surface area (Å²) in [7, 11) is 1.27. The van der Waals surface area contributed by atoms with E-state index in [9.17, 15) is 14.0 Å². The summed E-state index contributed by atoms with van der Waals surface area (Å²) in [6, 6.07) is 15.7. The van der Waals surface area contributed by atoms with E-state index in [2.05, 4.69) is 15.6 Å². The number of anilines is 3. The van der Waals surface area contributed by atoms with E-state index >= 15 is 0 Å². The van der Waals surface area contributed by atoms with E-state index in [0.29, 0.717) is 17.1 Å². The summed E-state index contributed by atoms with van der Waals surface area (Å²) in [4.78, 5) is 28.3. The van der Waals surface area contributed by atoms with Crippen LogP contribution in [0.3, 0.4) is 0 Å². The van der Waals surface area contributed by atoms with Gasteiger partial charge in [-0.3, -0.25) is 4.79 Å². The highest BCUT2D eigenvalue weighted by atomic mass is 19.1. The number of halogens is 1. The zero-order valence-electron chi connectivity index (χ0n) is 14.4. The minimum atomic E-state index is -0.548. The largest absolute Gasteiger partial charge is 0.465 e. The first-order valence-corrected chi connectivity index (χ1v) is 8.04. The fourth-order valence-electron chi connectivity index (χ4n) is 2.40. The van der Waals surface area contributed by atoms with Gasteiger partial charge in [0.15, 0.2) is 0 Å². The molecule has 0 aliphatic heterocycles. The SMILES string of the molecule is COC(=O)c1ccccc1NC(=O)c1ccc(Nc2cccc(F)c2)cn1. The molecule has 1 heterocycles. The Kier molecular flexibility index (Phi) is 5.41. The van der Waals surface area contributed by atoms with Crippen LogP contribution in [0.5, 0.6) is 0 Å². The Morgan fingerprint density at radius 1 is 1.00 bits per heavy atom. The quantitative estimate of drug-likeness (QED) is 0.668. The van der Waals surface area contributed by atoms with Crippen LogP contribution in [0, 0.1) is 5.82 Å². The highest BCUT2D eigenvalue weighted by Crippen LogP contribution is 2.19. The van der Waals surface area contributed by atoms with E-state index < -0.39 is 11.9 Å². The van der Waals surface area contributed by atoms with Gasteiger partial charge >= 0.3 is 5.97 Å². The number of para-hydroxylation sites is 1. The molecule has 3 rings (SSSR count). The molecule has 0 unspecified atom stereocenters. The van der Waals surface area contributed by atoms with Gasteiger partial charge < -0.3 is 15.4 Å². The van der Waals surface area contributed by atoms with Gasteiger partial charge in [0, 0.05) is 5.69 Å². The lowest BCUT2D eigenvalue weighted by Gasteiger charge is -2.10. The first-order valence-electron chi connectivity index (χ1n) is 8.04. The molecule has 6 nitrogen and oxygen atoms in total. The molecule has 0 saturated heterocycles. The lowest BCUT2D eigenvalue weighted by Crippen LogP contribution is -2.16. The van der Waals surface area contributed by atoms with Gasteiger partial charge in [0.05, 0.1) is 30.2 Å². The predicted octanol–water partition coefficient (Wildman–Crippen LogP) is 4.00. The first kappa shape index (κ1) is 18.1. The van der Waals surface area contributed by atoms with Gasteiger partial charge in [0.2, 0.25) is 0 Å². The van der Waals surface area contributed by atoms with E-state index in [4.69, 9.17) is 4.74 Å². The number of benzene rings is 2. The summed E-state index contributed by atoms with van der Waals surface area (Å²) in [6.45, 7) is 0. The molecule has 0 radical (unpaired) electrons. The lowest BCUT2D eigenvalue weighted by atomic mass is 10.1. The summed E-state index contributed by atoms with van der Waals surface area (Å²) in [5, 5.41) is 5.64. The summed E-state index contributed by atoms with van der Waals surface area (Å²) >= 11 is 0. The number of hydrogen-bond acceptors (Lipinski definition) is 5. The van der Waals surface area contributed by atoms with Crippen molar-refractivity contribution in [3.05, 3.63) is 83.9 Å². The van der Waals surface area contributed by atoms with Gasteiger partial charge in [-0.1, -0.05) is 18.2 Å². The molecular weight excluding hydrogens is 349 g/mol. The number of ether oxygens (including phenoxy) is 1. The van der Waals surface area contributed by atoms with Crippen molar-refractivity contribution in [2.75, 3.05) is 17.7 Å². The van der Waals surface area contributed by atoms with Crippen LogP contribution in [0.2, 0.25) is 0 Å². The number of esters is 1. The first-order chi connectivity index (χ1) is 13.1. The Bertz CT molecular complexity index is 974. The van der Waals surface area contributed by atoms with Crippen molar-refractivity contribution in [2.45, 2.75) is 0 Å². The van der Waals surface area contributed by atoms with Crippen molar-refractivity contribution in [1.82, 2.24) is 4.98 Å². The standard InChI is InChI=1S/C20H16FN3O3/c1-27-20(26)16-7-2-3-8-17(16)24-19(25)18-10-9-15(12-22-18)23-14-6-4-5-13(21)11-14/h2-12,23H,1H3,(H,24,25). The minimum absolute atomic E-state index is 0.166. The molecule has 0 aliphatic rings. The molecule has 0 atom stereocenters. The molecule has 0 bridgehead atoms. The number of methoxy groups -OCH3 is 1. The van der Waals surface area contributed by atoms with Gasteiger partial charge in [-0.2, -0.15) is 0 Å². The fourth-order valence-corrected chi connectivity index (χ4v) is 2.40. The topological polar surface area (TPSA) is 80.3 Å². The second-order valence-electron chi connectivity index (χ2n) is 5.56. The van der Waals surface area contributed by atoms with E-state index in [0.717, 1.165) is 0 Å². The molecule has 27 heavy (non-hydrogen) atoms. The zero-order valence-corrected chi connectivity index (χ0v) is 14.4. The number of nitrogens with zero attached hydrogens (tertiary/aromatic N) is 1. The van der Waals surface area contributed by atoms with E-state index in [-0.39, 0.29) is 17.1 Å². The lowest BCUT2D eigenvalue weighted by molar-refractivity contribution is 0.0602. The van der Waals surface area contributed by atoms with Crippen molar-refractivity contribution < 1.29 is 18.7 Å². The molecule has 7 heteroatoms. The van der Waals surface area contributed by atoms with Crippen LogP contribution in [-0.2, 0) is 4.74 Å². The third kappa shape index (κ3) is 4.46. The van der Waals surface area contributed by atoms with Crippen molar-refractivity contribution in [3.8, 4) is 0 Å². The van der Waals surface area contributed by atoms with Crippen molar-refractivity contribution >= 4 is 28.9 Å². The van der Waals surface area contributed by atoms with Crippen LogP contribution in [0.4, 0.5) is 21.5 Å². The summed E-state index contributed by atoms with van der Waals surface area (Å²) in [6.07, 6.45) is 1.46. The number of carbonyl (C=O) groups excluding carboxylic acids is 2. The van der Waals surface area contributed by atoms with Gasteiger partial charge in [-0.05, 0) is 42.5 Å². The Morgan fingerprint density at radius 3 is 2.52 bits per heavy atom. The third-order valence-corrected chi connectivity index (χ3v) is 3.69. The van der Waals surface area contributed by atoms with Crippen LogP contribution < -0.4 is 10.6 Å². The summed E-state index contributed by atoms with van der Waals surface area (Å²) in [5.41, 5.74) is 1.92. The average Bonchev–Trinajstić information content (AvgIpc) is 2.68. The second kappa shape index (κ2) is 8.09. The van der Waals surface area contributed by atoms with Gasteiger partial charge in [0.25, 0.3) is 5.91 Å². The molecule has 1 amide bonds.